The summed E-state index contributed by atoms with van der Waals surface area (Å²) in [7, 11) is 0. The van der Waals surface area contributed by atoms with E-state index in [9.17, 15) is 24.5 Å². The molecule has 4 rings (SSSR count). The van der Waals surface area contributed by atoms with E-state index in [-0.39, 0.29) is 28.3 Å². The minimum atomic E-state index is -0.656. The van der Waals surface area contributed by atoms with E-state index in [1.165, 1.54) is 54.8 Å². The number of benzene rings is 3. The third-order valence-electron chi connectivity index (χ3n) is 5.21. The lowest BCUT2D eigenvalue weighted by atomic mass is 10.1. The molecule has 2 amide bonds. The number of nitro benzene ring substituents is 1. The molecular formula is C27H20N4O7. The summed E-state index contributed by atoms with van der Waals surface area (Å²) in [4.78, 5) is 47.7. The molecule has 0 saturated heterocycles. The van der Waals surface area contributed by atoms with Crippen LogP contribution >= 0.6 is 0 Å². The van der Waals surface area contributed by atoms with Crippen LogP contribution in [0.1, 0.15) is 42.4 Å². The Bertz CT molecular complexity index is 1510. The predicted octanol–water partition coefficient (Wildman–Crippen LogP) is 4.73. The van der Waals surface area contributed by atoms with E-state index < -0.39 is 22.7 Å². The van der Waals surface area contributed by atoms with Gasteiger partial charge in [-0.15, -0.1) is 0 Å². The number of non-ortho nitro benzene ring substituents is 1. The zero-order valence-corrected chi connectivity index (χ0v) is 19.9. The number of nitrogens with one attached hydrogen (secondary N) is 2. The van der Waals surface area contributed by atoms with Crippen molar-refractivity contribution >= 4 is 35.4 Å². The molecule has 0 spiro atoms. The summed E-state index contributed by atoms with van der Waals surface area (Å²) >= 11 is 0. The van der Waals surface area contributed by atoms with Crippen molar-refractivity contribution in [2.24, 2.45) is 5.10 Å². The van der Waals surface area contributed by atoms with Crippen molar-refractivity contribution in [1.82, 2.24) is 5.43 Å². The van der Waals surface area contributed by atoms with Crippen molar-refractivity contribution < 1.29 is 28.5 Å². The molecule has 190 valence electrons. The van der Waals surface area contributed by atoms with Crippen LogP contribution in [-0.2, 0) is 0 Å². The number of nitro groups is 1. The monoisotopic (exact) mass is 512 g/mol. The van der Waals surface area contributed by atoms with E-state index in [0.717, 1.165) is 11.8 Å². The Balaban J connectivity index is 1.44. The van der Waals surface area contributed by atoms with Crippen LogP contribution < -0.4 is 15.5 Å². The van der Waals surface area contributed by atoms with E-state index in [0.29, 0.717) is 11.3 Å². The summed E-state index contributed by atoms with van der Waals surface area (Å²) in [6.07, 6.45) is 2.52. The van der Waals surface area contributed by atoms with E-state index in [1.54, 1.807) is 30.3 Å². The molecule has 4 aromatic rings. The summed E-state index contributed by atoms with van der Waals surface area (Å²) in [5, 5.41) is 17.7. The molecule has 0 bridgehead atoms. The summed E-state index contributed by atoms with van der Waals surface area (Å²) in [5.41, 5.74) is 4.13. The molecule has 0 saturated carbocycles. The molecule has 11 nitrogen and oxygen atoms in total. The number of nitrogens with zero attached hydrogens (tertiary/aromatic N) is 2. The first-order chi connectivity index (χ1) is 18.3. The van der Waals surface area contributed by atoms with Crippen molar-refractivity contribution in [3.8, 4) is 5.75 Å². The van der Waals surface area contributed by atoms with Crippen molar-refractivity contribution in [2.45, 2.75) is 6.92 Å². The number of hydrogen-bond donors (Lipinski definition) is 2. The first-order valence-corrected chi connectivity index (χ1v) is 11.2. The molecule has 11 heteroatoms. The average Bonchev–Trinajstić information content (AvgIpc) is 3.45. The van der Waals surface area contributed by atoms with Gasteiger partial charge in [0.2, 0.25) is 0 Å². The van der Waals surface area contributed by atoms with Gasteiger partial charge in [-0.25, -0.2) is 10.2 Å². The molecule has 3 aromatic carbocycles. The van der Waals surface area contributed by atoms with Crippen LogP contribution in [0.2, 0.25) is 0 Å². The maximum absolute atomic E-state index is 12.5. The van der Waals surface area contributed by atoms with Crippen LogP contribution in [0.25, 0.3) is 0 Å². The second-order valence-electron chi connectivity index (χ2n) is 7.94. The van der Waals surface area contributed by atoms with Gasteiger partial charge in [-0.2, -0.15) is 5.10 Å². The number of esters is 1. The van der Waals surface area contributed by atoms with Crippen LogP contribution in [0.3, 0.4) is 0 Å². The molecule has 0 radical (unpaired) electrons. The number of furan rings is 1. The average molecular weight is 512 g/mol. The fraction of sp³-hybridized carbons (Fsp3) is 0.0370. The first-order valence-electron chi connectivity index (χ1n) is 11.2. The lowest BCUT2D eigenvalue weighted by Crippen LogP contribution is -2.18. The number of aryl methyl sites for hydroxylation is 1. The third-order valence-corrected chi connectivity index (χ3v) is 5.21. The van der Waals surface area contributed by atoms with Gasteiger partial charge in [0.05, 0.1) is 23.0 Å². The normalized spacial score (nSPS) is 10.7. The summed E-state index contributed by atoms with van der Waals surface area (Å²) < 4.78 is 10.4. The highest BCUT2D eigenvalue weighted by atomic mass is 16.6. The second kappa shape index (κ2) is 11.4. The van der Waals surface area contributed by atoms with Crippen molar-refractivity contribution in [1.29, 1.82) is 0 Å². The smallest absolute Gasteiger partial charge is 0.343 e. The van der Waals surface area contributed by atoms with Gasteiger partial charge in [-0.05, 0) is 61.5 Å². The topological polar surface area (TPSA) is 153 Å². The number of hydrogen-bond acceptors (Lipinski definition) is 8. The van der Waals surface area contributed by atoms with E-state index in [1.807, 2.05) is 6.92 Å². The summed E-state index contributed by atoms with van der Waals surface area (Å²) in [6, 6.07) is 19.5. The van der Waals surface area contributed by atoms with Gasteiger partial charge in [0, 0.05) is 28.9 Å². The van der Waals surface area contributed by atoms with Crippen LogP contribution in [-0.4, -0.2) is 28.9 Å². The number of carbonyl (C=O) groups excluding carboxylic acids is 3. The molecule has 0 unspecified atom stereocenters. The fourth-order valence-electron chi connectivity index (χ4n) is 3.22. The maximum atomic E-state index is 12.5. The highest BCUT2D eigenvalue weighted by molar-refractivity contribution is 6.02. The molecule has 0 aliphatic carbocycles. The van der Waals surface area contributed by atoms with Gasteiger partial charge in [0.15, 0.2) is 5.76 Å². The number of anilines is 1. The number of ether oxygens (including phenoxy) is 1. The van der Waals surface area contributed by atoms with Gasteiger partial charge < -0.3 is 14.5 Å². The largest absolute Gasteiger partial charge is 0.459 e. The van der Waals surface area contributed by atoms with E-state index >= 15 is 0 Å². The molecule has 1 heterocycles. The molecule has 0 atom stereocenters. The number of carbonyl (C=O) groups is 3. The molecule has 1 aromatic heterocycles. The quantitative estimate of drug-likeness (QED) is 0.114. The Labute approximate surface area is 215 Å². The number of amides is 2. The molecule has 38 heavy (non-hydrogen) atoms. The molecule has 2 N–H and O–H groups in total. The second-order valence-corrected chi connectivity index (χ2v) is 7.94. The lowest BCUT2D eigenvalue weighted by Gasteiger charge is -2.08. The Morgan fingerprint density at radius 3 is 2.32 bits per heavy atom. The zero-order valence-electron chi connectivity index (χ0n) is 19.9. The zero-order chi connectivity index (χ0) is 27.1. The predicted molar refractivity (Wildman–Crippen MR) is 137 cm³/mol. The van der Waals surface area contributed by atoms with Crippen LogP contribution in [0.5, 0.6) is 5.75 Å². The standard InChI is InChI=1S/C27H20N4O7/c1-17-4-6-19(7-5-17)27(34)38-23-13-12-22(31(35)36)15-20(23)16-28-30-25(32)18-8-10-21(11-9-18)29-26(33)24-3-2-14-37-24/h2-16H,1H3,(H,29,33)(H,30,32)/b28-16+. The fourth-order valence-corrected chi connectivity index (χ4v) is 3.22. The van der Waals surface area contributed by atoms with Gasteiger partial charge >= 0.3 is 5.97 Å². The Morgan fingerprint density at radius 2 is 1.66 bits per heavy atom. The van der Waals surface area contributed by atoms with Crippen molar-refractivity contribution in [2.75, 3.05) is 5.32 Å². The van der Waals surface area contributed by atoms with Crippen molar-refractivity contribution in [3.63, 3.8) is 0 Å². The molecular weight excluding hydrogens is 492 g/mol. The van der Waals surface area contributed by atoms with Crippen LogP contribution in [0.15, 0.2) is 94.6 Å². The molecule has 0 fully saturated rings. The van der Waals surface area contributed by atoms with Gasteiger partial charge in [0.25, 0.3) is 17.5 Å². The van der Waals surface area contributed by atoms with E-state index in [2.05, 4.69) is 15.8 Å². The van der Waals surface area contributed by atoms with Gasteiger partial charge in [0.1, 0.15) is 5.75 Å². The number of hydrazone groups is 1. The minimum Gasteiger partial charge on any atom is -0.459 e. The Kier molecular flexibility index (Phi) is 7.68. The van der Waals surface area contributed by atoms with Crippen LogP contribution in [0.4, 0.5) is 11.4 Å². The highest BCUT2D eigenvalue weighted by Crippen LogP contribution is 2.24. The molecule has 0 aliphatic rings. The van der Waals surface area contributed by atoms with Gasteiger partial charge in [-0.1, -0.05) is 17.7 Å². The maximum Gasteiger partial charge on any atom is 0.343 e. The third kappa shape index (κ3) is 6.34. The minimum absolute atomic E-state index is 0.0239. The van der Waals surface area contributed by atoms with E-state index in [4.69, 9.17) is 9.15 Å². The highest BCUT2D eigenvalue weighted by Gasteiger charge is 2.15. The SMILES string of the molecule is Cc1ccc(C(=O)Oc2ccc([N+](=O)[O-])cc2/C=N/NC(=O)c2ccc(NC(=O)c3ccco3)cc2)cc1. The Morgan fingerprint density at radius 1 is 0.947 bits per heavy atom. The number of rotatable bonds is 8. The summed E-state index contributed by atoms with van der Waals surface area (Å²) in [5.74, 6) is -1.50. The molecule has 0 aliphatic heterocycles. The van der Waals surface area contributed by atoms with Crippen LogP contribution in [0, 0.1) is 17.0 Å². The lowest BCUT2D eigenvalue weighted by molar-refractivity contribution is -0.384. The Hall–Kier alpha value is -5.58. The van der Waals surface area contributed by atoms with Gasteiger partial charge in [-0.3, -0.25) is 19.7 Å². The van der Waals surface area contributed by atoms with Crippen molar-refractivity contribution in [3.05, 3.63) is 123 Å². The summed E-state index contributed by atoms with van der Waals surface area (Å²) in [6.45, 7) is 1.88. The first kappa shape index (κ1) is 25.5.